The summed E-state index contributed by atoms with van der Waals surface area (Å²) in [7, 11) is 0. The van der Waals surface area contributed by atoms with E-state index in [0.717, 1.165) is 5.56 Å². The number of rotatable bonds is 2. The monoisotopic (exact) mass is 376 g/mol. The zero-order chi connectivity index (χ0) is 19.4. The van der Waals surface area contributed by atoms with Crippen LogP contribution in [0.15, 0.2) is 30.3 Å². The molecular formula is C20H28N2O5. The minimum atomic E-state index is -0.535. The number of hydrogen-bond donors (Lipinski definition) is 0. The zero-order valence-electron chi connectivity index (χ0n) is 16.2. The molecule has 1 aromatic rings. The van der Waals surface area contributed by atoms with Crippen molar-refractivity contribution < 1.29 is 23.8 Å². The number of fused-ring (bicyclic) bond motifs is 1. The van der Waals surface area contributed by atoms with Crippen LogP contribution in [0.2, 0.25) is 0 Å². The Morgan fingerprint density at radius 2 is 1.89 bits per heavy atom. The predicted molar refractivity (Wildman–Crippen MR) is 99.3 cm³/mol. The normalized spacial score (nSPS) is 22.8. The summed E-state index contributed by atoms with van der Waals surface area (Å²) in [6.07, 6.45) is -0.245. The lowest BCUT2D eigenvalue weighted by atomic mass is 9.99. The van der Waals surface area contributed by atoms with E-state index in [2.05, 4.69) is 0 Å². The first-order valence-electron chi connectivity index (χ1n) is 9.40. The maximum atomic E-state index is 12.5. The van der Waals surface area contributed by atoms with Crippen LogP contribution in [0.1, 0.15) is 32.8 Å². The number of nitrogens with zero attached hydrogens (tertiary/aromatic N) is 2. The van der Waals surface area contributed by atoms with E-state index in [1.165, 1.54) is 0 Å². The minimum Gasteiger partial charge on any atom is -0.445 e. The molecule has 2 atom stereocenters. The summed E-state index contributed by atoms with van der Waals surface area (Å²) in [5.41, 5.74) is 0.415. The van der Waals surface area contributed by atoms with Crippen molar-refractivity contribution in [3.8, 4) is 0 Å². The second-order valence-corrected chi connectivity index (χ2v) is 7.93. The maximum absolute atomic E-state index is 12.5. The fourth-order valence-corrected chi connectivity index (χ4v) is 3.42. The molecule has 1 aromatic carbocycles. The van der Waals surface area contributed by atoms with Crippen LogP contribution >= 0.6 is 0 Å². The van der Waals surface area contributed by atoms with Crippen molar-refractivity contribution in [3.63, 3.8) is 0 Å². The van der Waals surface area contributed by atoms with Gasteiger partial charge in [0.1, 0.15) is 12.2 Å². The van der Waals surface area contributed by atoms with Crippen LogP contribution < -0.4 is 0 Å². The summed E-state index contributed by atoms with van der Waals surface area (Å²) < 4.78 is 16.8. The number of benzene rings is 1. The van der Waals surface area contributed by atoms with Crippen LogP contribution in [0.25, 0.3) is 0 Å². The Hall–Kier alpha value is -2.28. The highest BCUT2D eigenvalue weighted by Gasteiger charge is 2.42. The van der Waals surface area contributed by atoms with E-state index in [4.69, 9.17) is 14.2 Å². The number of likely N-dealkylation sites (tertiary alicyclic amines) is 1. The highest BCUT2D eigenvalue weighted by Crippen LogP contribution is 2.25. The average Bonchev–Trinajstić information content (AvgIpc) is 2.64. The van der Waals surface area contributed by atoms with Gasteiger partial charge in [-0.25, -0.2) is 9.59 Å². The molecule has 0 saturated carbocycles. The van der Waals surface area contributed by atoms with Gasteiger partial charge in [-0.2, -0.15) is 0 Å². The molecule has 27 heavy (non-hydrogen) atoms. The van der Waals surface area contributed by atoms with E-state index in [1.807, 2.05) is 51.1 Å². The van der Waals surface area contributed by atoms with Crippen molar-refractivity contribution >= 4 is 12.2 Å². The minimum absolute atomic E-state index is 0.0771. The van der Waals surface area contributed by atoms with Crippen molar-refractivity contribution in [1.82, 2.24) is 9.80 Å². The Morgan fingerprint density at radius 1 is 1.15 bits per heavy atom. The Kier molecular flexibility index (Phi) is 5.89. The zero-order valence-corrected chi connectivity index (χ0v) is 16.2. The third-order valence-corrected chi connectivity index (χ3v) is 4.68. The molecule has 3 rings (SSSR count). The molecule has 0 spiro atoms. The summed E-state index contributed by atoms with van der Waals surface area (Å²) in [6, 6.07) is 9.51. The summed E-state index contributed by atoms with van der Waals surface area (Å²) >= 11 is 0. The van der Waals surface area contributed by atoms with Crippen LogP contribution in [-0.4, -0.2) is 66.0 Å². The van der Waals surface area contributed by atoms with Gasteiger partial charge in [-0.15, -0.1) is 0 Å². The van der Waals surface area contributed by atoms with Crippen LogP contribution in [-0.2, 0) is 20.8 Å². The molecule has 2 aliphatic heterocycles. The molecule has 7 heteroatoms. The second-order valence-electron chi connectivity index (χ2n) is 7.93. The average molecular weight is 376 g/mol. The molecule has 2 fully saturated rings. The topological polar surface area (TPSA) is 68.3 Å². The van der Waals surface area contributed by atoms with E-state index < -0.39 is 5.60 Å². The molecule has 0 unspecified atom stereocenters. The van der Waals surface area contributed by atoms with Gasteiger partial charge in [0, 0.05) is 13.1 Å². The van der Waals surface area contributed by atoms with E-state index >= 15 is 0 Å². The standard InChI is InChI=1S/C20H28N2O5/c1-20(2,3)27-19(24)22-11-12-25-17-13-21(10-9-16(17)22)18(23)26-14-15-7-5-4-6-8-15/h4-8,16-17H,9-14H2,1-3H3/t16-,17-/m1/s1. The van der Waals surface area contributed by atoms with Crippen LogP contribution in [0.5, 0.6) is 0 Å². The molecule has 0 radical (unpaired) electrons. The lowest BCUT2D eigenvalue weighted by molar-refractivity contribution is -0.101. The molecule has 7 nitrogen and oxygen atoms in total. The second kappa shape index (κ2) is 8.17. The van der Waals surface area contributed by atoms with E-state index in [-0.39, 0.29) is 30.9 Å². The van der Waals surface area contributed by atoms with Gasteiger partial charge in [0.05, 0.1) is 25.3 Å². The van der Waals surface area contributed by atoms with E-state index in [9.17, 15) is 9.59 Å². The lowest BCUT2D eigenvalue weighted by Crippen LogP contribution is -2.61. The molecule has 2 heterocycles. The highest BCUT2D eigenvalue weighted by atomic mass is 16.6. The van der Waals surface area contributed by atoms with Crippen LogP contribution in [0.4, 0.5) is 9.59 Å². The smallest absolute Gasteiger partial charge is 0.410 e. The van der Waals surface area contributed by atoms with Gasteiger partial charge >= 0.3 is 12.2 Å². The number of carbonyl (C=O) groups is 2. The molecule has 0 aromatic heterocycles. The molecule has 2 saturated heterocycles. The molecule has 2 aliphatic rings. The number of hydrogen-bond acceptors (Lipinski definition) is 5. The van der Waals surface area contributed by atoms with Crippen molar-refractivity contribution in [2.45, 2.75) is 51.5 Å². The quantitative estimate of drug-likeness (QED) is 0.794. The van der Waals surface area contributed by atoms with Crippen molar-refractivity contribution in [2.75, 3.05) is 26.2 Å². The van der Waals surface area contributed by atoms with Gasteiger partial charge in [0.15, 0.2) is 0 Å². The fourth-order valence-electron chi connectivity index (χ4n) is 3.42. The summed E-state index contributed by atoms with van der Waals surface area (Å²) in [5.74, 6) is 0. The molecule has 0 bridgehead atoms. The van der Waals surface area contributed by atoms with Crippen molar-refractivity contribution in [2.24, 2.45) is 0 Å². The van der Waals surface area contributed by atoms with Gasteiger partial charge in [-0.1, -0.05) is 30.3 Å². The summed E-state index contributed by atoms with van der Waals surface area (Å²) in [5, 5.41) is 0. The largest absolute Gasteiger partial charge is 0.445 e. The van der Waals surface area contributed by atoms with E-state index in [0.29, 0.717) is 32.7 Å². The first kappa shape index (κ1) is 19.5. The number of carbonyl (C=O) groups excluding carboxylic acids is 2. The highest BCUT2D eigenvalue weighted by molar-refractivity contribution is 5.70. The molecule has 148 valence electrons. The Balaban J connectivity index is 1.55. The van der Waals surface area contributed by atoms with Crippen molar-refractivity contribution in [1.29, 1.82) is 0 Å². The predicted octanol–water partition coefficient (Wildman–Crippen LogP) is 3.03. The van der Waals surface area contributed by atoms with Crippen LogP contribution in [0, 0.1) is 0 Å². The first-order valence-corrected chi connectivity index (χ1v) is 9.40. The van der Waals surface area contributed by atoms with Crippen LogP contribution in [0.3, 0.4) is 0 Å². The van der Waals surface area contributed by atoms with Crippen molar-refractivity contribution in [3.05, 3.63) is 35.9 Å². The number of amides is 2. The van der Waals surface area contributed by atoms with Gasteiger partial charge in [0.25, 0.3) is 0 Å². The third-order valence-electron chi connectivity index (χ3n) is 4.68. The molecule has 2 amide bonds. The van der Waals surface area contributed by atoms with Gasteiger partial charge < -0.3 is 24.0 Å². The van der Waals surface area contributed by atoms with Gasteiger partial charge in [0.2, 0.25) is 0 Å². The van der Waals surface area contributed by atoms with Gasteiger partial charge in [-0.05, 0) is 32.8 Å². The summed E-state index contributed by atoms with van der Waals surface area (Å²) in [4.78, 5) is 28.3. The number of piperidine rings is 1. The molecule has 0 N–H and O–H groups in total. The first-order chi connectivity index (χ1) is 12.8. The molecular weight excluding hydrogens is 348 g/mol. The fraction of sp³-hybridized carbons (Fsp3) is 0.600. The summed E-state index contributed by atoms with van der Waals surface area (Å²) in [6.45, 7) is 7.70. The maximum Gasteiger partial charge on any atom is 0.410 e. The lowest BCUT2D eigenvalue weighted by Gasteiger charge is -2.46. The Labute approximate surface area is 160 Å². The van der Waals surface area contributed by atoms with Gasteiger partial charge in [-0.3, -0.25) is 0 Å². The number of ether oxygens (including phenoxy) is 3. The Bertz CT molecular complexity index is 658. The SMILES string of the molecule is CC(C)(C)OC(=O)N1CCO[C@@H]2CN(C(=O)OCc3ccccc3)CC[C@H]21. The number of morpholine rings is 1. The molecule has 0 aliphatic carbocycles. The Morgan fingerprint density at radius 3 is 2.59 bits per heavy atom. The third kappa shape index (κ3) is 5.13. The van der Waals surface area contributed by atoms with E-state index in [1.54, 1.807) is 9.80 Å².